The van der Waals surface area contributed by atoms with Crippen LogP contribution in [0.4, 0.5) is 0 Å². The van der Waals surface area contributed by atoms with Crippen molar-refractivity contribution in [2.75, 3.05) is 0 Å². The molecule has 0 bridgehead atoms. The van der Waals surface area contributed by atoms with Gasteiger partial charge in [0.15, 0.2) is 0 Å². The zero-order valence-electron chi connectivity index (χ0n) is 14.7. The van der Waals surface area contributed by atoms with Crippen molar-refractivity contribution < 1.29 is 14.7 Å². The van der Waals surface area contributed by atoms with E-state index in [1.54, 1.807) is 23.9 Å². The summed E-state index contributed by atoms with van der Waals surface area (Å²) in [6, 6.07) is 21.4. The number of rotatable bonds is 6. The van der Waals surface area contributed by atoms with E-state index in [9.17, 15) is 14.7 Å². The van der Waals surface area contributed by atoms with Gasteiger partial charge in [0.05, 0.1) is 11.6 Å². The lowest BCUT2D eigenvalue weighted by Crippen LogP contribution is -2.10. The van der Waals surface area contributed by atoms with Gasteiger partial charge < -0.3 is 9.67 Å². The standard InChI is InChI=1S/C22H19NO3S/c24-21(20-10-9-19-18(22(25)26)11-12-23(19)20)16-6-4-5-15(13-16)14-27-17-7-2-1-3-8-17/h1-10,13,18H,11-12,14H2,(H,25,26). The Morgan fingerprint density at radius 3 is 2.63 bits per heavy atom. The molecular formula is C22H19NO3S. The monoisotopic (exact) mass is 377 g/mol. The normalized spacial score (nSPS) is 15.5. The van der Waals surface area contributed by atoms with Gasteiger partial charge in [-0.05, 0) is 42.3 Å². The maximum absolute atomic E-state index is 13.0. The summed E-state index contributed by atoms with van der Waals surface area (Å²) in [6.07, 6.45) is 0.541. The van der Waals surface area contributed by atoms with E-state index in [1.807, 2.05) is 47.0 Å². The Labute approximate surface area is 161 Å². The van der Waals surface area contributed by atoms with Gasteiger partial charge in [-0.1, -0.05) is 36.4 Å². The molecule has 1 aromatic heterocycles. The van der Waals surface area contributed by atoms with E-state index in [2.05, 4.69) is 12.1 Å². The van der Waals surface area contributed by atoms with Gasteiger partial charge >= 0.3 is 5.97 Å². The Morgan fingerprint density at radius 1 is 1.04 bits per heavy atom. The molecule has 0 radical (unpaired) electrons. The minimum Gasteiger partial charge on any atom is -0.481 e. The Hall–Kier alpha value is -2.79. The van der Waals surface area contributed by atoms with E-state index in [4.69, 9.17) is 0 Å². The zero-order chi connectivity index (χ0) is 18.8. The molecule has 3 aromatic rings. The number of aromatic nitrogens is 1. The molecule has 0 saturated carbocycles. The number of carboxylic acid groups (broad SMARTS) is 1. The van der Waals surface area contributed by atoms with Crippen LogP contribution >= 0.6 is 11.8 Å². The summed E-state index contributed by atoms with van der Waals surface area (Å²) in [7, 11) is 0. The average Bonchev–Trinajstić information content (AvgIpc) is 3.29. The summed E-state index contributed by atoms with van der Waals surface area (Å²) in [5, 5.41) is 9.31. The molecule has 5 heteroatoms. The first kappa shape index (κ1) is 17.6. The third-order valence-corrected chi connectivity index (χ3v) is 5.96. The maximum Gasteiger partial charge on any atom is 0.312 e. The van der Waals surface area contributed by atoms with E-state index < -0.39 is 11.9 Å². The summed E-state index contributed by atoms with van der Waals surface area (Å²) in [6.45, 7) is 0.573. The van der Waals surface area contributed by atoms with Gasteiger partial charge in [-0.25, -0.2) is 0 Å². The second-order valence-electron chi connectivity index (χ2n) is 6.61. The molecule has 1 aliphatic heterocycles. The van der Waals surface area contributed by atoms with Crippen LogP contribution in [0.3, 0.4) is 0 Å². The minimum absolute atomic E-state index is 0.0566. The van der Waals surface area contributed by atoms with Gasteiger partial charge in [-0.15, -0.1) is 11.8 Å². The summed E-state index contributed by atoms with van der Waals surface area (Å²) < 4.78 is 1.85. The molecule has 4 nitrogen and oxygen atoms in total. The topological polar surface area (TPSA) is 59.3 Å². The first-order valence-corrected chi connectivity index (χ1v) is 9.86. The number of benzene rings is 2. The van der Waals surface area contributed by atoms with Crippen molar-refractivity contribution in [1.82, 2.24) is 4.57 Å². The fourth-order valence-electron chi connectivity index (χ4n) is 3.53. The third-order valence-electron chi connectivity index (χ3n) is 4.88. The zero-order valence-corrected chi connectivity index (χ0v) is 15.5. The predicted molar refractivity (Wildman–Crippen MR) is 105 cm³/mol. The largest absolute Gasteiger partial charge is 0.481 e. The van der Waals surface area contributed by atoms with Gasteiger partial charge in [-0.2, -0.15) is 0 Å². The maximum atomic E-state index is 13.0. The first-order chi connectivity index (χ1) is 13.1. The quantitative estimate of drug-likeness (QED) is 0.504. The molecular weight excluding hydrogens is 358 g/mol. The molecule has 0 amide bonds. The number of nitrogens with zero attached hydrogens (tertiary/aromatic N) is 1. The van der Waals surface area contributed by atoms with Crippen molar-refractivity contribution in [3.05, 3.63) is 89.2 Å². The second-order valence-corrected chi connectivity index (χ2v) is 7.65. The smallest absolute Gasteiger partial charge is 0.312 e. The van der Waals surface area contributed by atoms with Crippen molar-refractivity contribution in [3.8, 4) is 0 Å². The number of carbonyl (C=O) groups excluding carboxylic acids is 1. The Kier molecular flexibility index (Phi) is 4.86. The summed E-state index contributed by atoms with van der Waals surface area (Å²) in [4.78, 5) is 25.5. The highest BCUT2D eigenvalue weighted by atomic mass is 32.2. The van der Waals surface area contributed by atoms with Crippen molar-refractivity contribution in [1.29, 1.82) is 0 Å². The molecule has 0 aliphatic carbocycles. The lowest BCUT2D eigenvalue weighted by Gasteiger charge is -2.08. The predicted octanol–water partition coefficient (Wildman–Crippen LogP) is 4.58. The van der Waals surface area contributed by atoms with Gasteiger partial charge in [0.25, 0.3) is 0 Å². The van der Waals surface area contributed by atoms with Gasteiger partial charge in [0.2, 0.25) is 5.78 Å². The van der Waals surface area contributed by atoms with E-state index in [-0.39, 0.29) is 5.78 Å². The van der Waals surface area contributed by atoms with Crippen LogP contribution in [0.25, 0.3) is 0 Å². The van der Waals surface area contributed by atoms with E-state index in [0.29, 0.717) is 24.2 Å². The third kappa shape index (κ3) is 3.55. The van der Waals surface area contributed by atoms with Crippen LogP contribution in [0.2, 0.25) is 0 Å². The van der Waals surface area contributed by atoms with E-state index >= 15 is 0 Å². The number of carbonyl (C=O) groups is 2. The van der Waals surface area contributed by atoms with Crippen molar-refractivity contribution >= 4 is 23.5 Å². The number of aliphatic carboxylic acids is 1. The highest BCUT2D eigenvalue weighted by molar-refractivity contribution is 7.98. The molecule has 1 atom stereocenters. The molecule has 27 heavy (non-hydrogen) atoms. The van der Waals surface area contributed by atoms with Gasteiger partial charge in [0, 0.05) is 28.5 Å². The molecule has 0 spiro atoms. The summed E-state index contributed by atoms with van der Waals surface area (Å²) in [5.74, 6) is -0.608. The Bertz CT molecular complexity index is 994. The van der Waals surface area contributed by atoms with E-state index in [0.717, 1.165) is 17.0 Å². The summed E-state index contributed by atoms with van der Waals surface area (Å²) >= 11 is 1.73. The molecule has 2 heterocycles. The summed E-state index contributed by atoms with van der Waals surface area (Å²) in [5.41, 5.74) is 3.02. The second kappa shape index (κ2) is 7.45. The molecule has 1 aliphatic rings. The highest BCUT2D eigenvalue weighted by Crippen LogP contribution is 2.31. The van der Waals surface area contributed by atoms with Gasteiger partial charge in [-0.3, -0.25) is 9.59 Å². The van der Waals surface area contributed by atoms with Crippen LogP contribution < -0.4 is 0 Å². The number of thioether (sulfide) groups is 1. The van der Waals surface area contributed by atoms with Crippen LogP contribution in [0.15, 0.2) is 71.6 Å². The SMILES string of the molecule is O=C(c1cccc(CSc2ccccc2)c1)c1ccc2n1CCC2C(=O)O. The lowest BCUT2D eigenvalue weighted by atomic mass is 10.0. The fraction of sp³-hybridized carbons (Fsp3) is 0.182. The van der Waals surface area contributed by atoms with Crippen LogP contribution in [0.5, 0.6) is 0 Å². The number of ketones is 1. The van der Waals surface area contributed by atoms with E-state index in [1.165, 1.54) is 4.90 Å². The molecule has 2 aromatic carbocycles. The fourth-order valence-corrected chi connectivity index (χ4v) is 4.39. The number of hydrogen-bond acceptors (Lipinski definition) is 3. The Balaban J connectivity index is 1.53. The molecule has 0 saturated heterocycles. The van der Waals surface area contributed by atoms with Crippen molar-refractivity contribution in [3.63, 3.8) is 0 Å². The van der Waals surface area contributed by atoms with Crippen molar-refractivity contribution in [2.45, 2.75) is 29.5 Å². The lowest BCUT2D eigenvalue weighted by molar-refractivity contribution is -0.138. The Morgan fingerprint density at radius 2 is 1.85 bits per heavy atom. The van der Waals surface area contributed by atoms with Crippen LogP contribution in [-0.2, 0) is 17.1 Å². The molecule has 1 unspecified atom stereocenters. The van der Waals surface area contributed by atoms with Crippen LogP contribution in [-0.4, -0.2) is 21.4 Å². The molecule has 0 fully saturated rings. The van der Waals surface area contributed by atoms with Crippen LogP contribution in [0.1, 0.15) is 39.6 Å². The average molecular weight is 377 g/mol. The van der Waals surface area contributed by atoms with Crippen molar-refractivity contribution in [2.24, 2.45) is 0 Å². The van der Waals surface area contributed by atoms with Gasteiger partial charge in [0.1, 0.15) is 0 Å². The first-order valence-electron chi connectivity index (χ1n) is 8.87. The number of carboxylic acids is 1. The number of fused-ring (bicyclic) bond motifs is 1. The van der Waals surface area contributed by atoms with Crippen LogP contribution in [0, 0.1) is 0 Å². The molecule has 136 valence electrons. The minimum atomic E-state index is -0.828. The molecule has 1 N–H and O–H groups in total. The number of hydrogen-bond donors (Lipinski definition) is 1. The highest BCUT2D eigenvalue weighted by Gasteiger charge is 2.31. The molecule has 4 rings (SSSR count).